The molecule has 0 aliphatic rings. The second-order valence-electron chi connectivity index (χ2n) is 2.58. The number of hydrogen-bond donors (Lipinski definition) is 0. The molecule has 78 valence electrons. The van der Waals surface area contributed by atoms with Crippen LogP contribution in [-0.2, 0) is 0 Å². The average Bonchev–Trinajstić information content (AvgIpc) is 2.03. The van der Waals surface area contributed by atoms with Crippen molar-refractivity contribution < 1.29 is 18.0 Å². The Morgan fingerprint density at radius 1 is 1.14 bits per heavy atom. The van der Waals surface area contributed by atoms with Crippen LogP contribution in [0.5, 0.6) is 0 Å². The van der Waals surface area contributed by atoms with Crippen LogP contribution >= 0.6 is 12.4 Å². The molecule has 0 bridgehead atoms. The molecule has 6 heteroatoms. The molecule has 1 nitrogen and oxygen atoms in total. The van der Waals surface area contributed by atoms with Crippen molar-refractivity contribution in [2.24, 2.45) is 0 Å². The van der Waals surface area contributed by atoms with Gasteiger partial charge in [0.15, 0.2) is 0 Å². The minimum atomic E-state index is -4.24. The van der Waals surface area contributed by atoms with Crippen LogP contribution in [-0.4, -0.2) is 25.1 Å². The Morgan fingerprint density at radius 2 is 1.64 bits per heavy atom. The first-order valence-corrected chi connectivity index (χ1v) is 6.61. The molecular formula is C8H8ClF3GeO. The van der Waals surface area contributed by atoms with E-state index in [1.165, 1.54) is 12.1 Å². The van der Waals surface area contributed by atoms with Crippen molar-refractivity contribution in [1.29, 1.82) is 0 Å². The van der Waals surface area contributed by atoms with Gasteiger partial charge in [-0.3, -0.25) is 0 Å². The number of benzene rings is 1. The number of carbonyl (C=O) groups is 1. The van der Waals surface area contributed by atoms with Crippen LogP contribution in [0.25, 0.3) is 0 Å². The van der Waals surface area contributed by atoms with E-state index in [1.807, 2.05) is 0 Å². The molecule has 0 aromatic heterocycles. The van der Waals surface area contributed by atoms with Gasteiger partial charge in [0.2, 0.25) is 0 Å². The summed E-state index contributed by atoms with van der Waals surface area (Å²) in [6, 6.07) is 7.62. The monoisotopic (exact) mass is 286 g/mol. The van der Waals surface area contributed by atoms with Crippen LogP contribution < -0.4 is 0 Å². The summed E-state index contributed by atoms with van der Waals surface area (Å²) in [5.41, 5.74) is 0.180. The van der Waals surface area contributed by atoms with Gasteiger partial charge >= 0.3 is 78.9 Å². The minimum absolute atomic E-state index is 0. The summed E-state index contributed by atoms with van der Waals surface area (Å²) in [5, 5.41) is -4.24. The molecule has 0 saturated carbocycles. The Bertz CT molecular complexity index is 299. The first kappa shape index (κ1) is 13.5. The second-order valence-corrected chi connectivity index (χ2v) is 6.35. The fraction of sp³-hybridized carbons (Fsp3) is 0.125. The van der Waals surface area contributed by atoms with Crippen LogP contribution in [0.2, 0.25) is 0 Å². The number of hydrogen-bond acceptors (Lipinski definition) is 1. The summed E-state index contributed by atoms with van der Waals surface area (Å²) < 4.78 is 34.9. The molecule has 0 fully saturated rings. The number of halogens is 4. The first-order chi connectivity index (χ1) is 5.99. The average molecular weight is 285 g/mol. The molecule has 0 N–H and O–H groups in total. The zero-order valence-electron chi connectivity index (χ0n) is 7.04. The van der Waals surface area contributed by atoms with Gasteiger partial charge in [-0.25, -0.2) is 0 Å². The van der Waals surface area contributed by atoms with Gasteiger partial charge in [-0.05, 0) is 0 Å². The summed E-state index contributed by atoms with van der Waals surface area (Å²) in [6.07, 6.45) is 0. The zero-order chi connectivity index (χ0) is 9.90. The Labute approximate surface area is 91.6 Å². The van der Waals surface area contributed by atoms with Crippen molar-refractivity contribution in [1.82, 2.24) is 0 Å². The summed E-state index contributed by atoms with van der Waals surface area (Å²) in [5.74, 6) is 0. The molecule has 0 atom stereocenters. The van der Waals surface area contributed by atoms with E-state index in [0.29, 0.717) is 0 Å². The van der Waals surface area contributed by atoms with Gasteiger partial charge in [-0.1, -0.05) is 0 Å². The number of alkyl halides is 3. The van der Waals surface area contributed by atoms with Gasteiger partial charge < -0.3 is 0 Å². The van der Waals surface area contributed by atoms with Crippen LogP contribution in [0.4, 0.5) is 13.2 Å². The third-order valence-corrected chi connectivity index (χ3v) is 3.83. The Balaban J connectivity index is 0.00000169. The van der Waals surface area contributed by atoms with E-state index in [0.717, 1.165) is 0 Å². The summed E-state index contributed by atoms with van der Waals surface area (Å²) >= 11 is -3.11. The van der Waals surface area contributed by atoms with Gasteiger partial charge in [0.25, 0.3) is 0 Å². The normalized spacial score (nSPS) is 11.4. The quantitative estimate of drug-likeness (QED) is 0.759. The molecule has 0 amide bonds. The Morgan fingerprint density at radius 3 is 2.07 bits per heavy atom. The van der Waals surface area contributed by atoms with Crippen molar-refractivity contribution in [2.75, 3.05) is 0 Å². The van der Waals surface area contributed by atoms with Crippen LogP contribution in [0.3, 0.4) is 0 Å². The molecule has 0 saturated heterocycles. The first-order valence-electron chi connectivity index (χ1n) is 3.64. The van der Waals surface area contributed by atoms with E-state index in [9.17, 15) is 18.0 Å². The molecule has 1 rings (SSSR count). The predicted molar refractivity (Wildman–Crippen MR) is 52.6 cm³/mol. The van der Waals surface area contributed by atoms with E-state index in [-0.39, 0.29) is 18.0 Å². The molecule has 0 radical (unpaired) electrons. The van der Waals surface area contributed by atoms with Gasteiger partial charge in [0.05, 0.1) is 0 Å². The predicted octanol–water partition coefficient (Wildman–Crippen LogP) is 1.94. The van der Waals surface area contributed by atoms with Gasteiger partial charge in [0.1, 0.15) is 0 Å². The Kier molecular flexibility index (Phi) is 5.22. The molecule has 1 aromatic rings. The third-order valence-electron chi connectivity index (χ3n) is 1.46. The van der Waals surface area contributed by atoms with E-state index in [1.54, 1.807) is 18.2 Å². The fourth-order valence-electron chi connectivity index (χ4n) is 0.908. The van der Waals surface area contributed by atoms with Crippen molar-refractivity contribution >= 4 is 32.5 Å². The standard InChI is InChI=1S/C8H7F3GeO.ClH/c9-8(10,11)12-7(13)6-4-2-1-3-5-6;/h1-5H,12H2;1H. The van der Waals surface area contributed by atoms with E-state index >= 15 is 0 Å². The van der Waals surface area contributed by atoms with Crippen molar-refractivity contribution in [2.45, 2.75) is 5.01 Å². The SMILES string of the molecule is Cl.O=[C]([GeH2][C](F)(F)F)c1ccccc1. The topological polar surface area (TPSA) is 17.1 Å². The molecule has 14 heavy (non-hydrogen) atoms. The van der Waals surface area contributed by atoms with Crippen molar-refractivity contribution in [3.05, 3.63) is 35.9 Å². The molecular weight excluding hydrogens is 277 g/mol. The van der Waals surface area contributed by atoms with E-state index < -0.39 is 25.1 Å². The molecule has 0 heterocycles. The maximum atomic E-state index is 11.9. The summed E-state index contributed by atoms with van der Waals surface area (Å²) in [7, 11) is 0. The van der Waals surface area contributed by atoms with Crippen molar-refractivity contribution in [3.8, 4) is 0 Å². The van der Waals surface area contributed by atoms with E-state index in [4.69, 9.17) is 0 Å². The molecule has 1 aromatic carbocycles. The third kappa shape index (κ3) is 4.67. The summed E-state index contributed by atoms with van der Waals surface area (Å²) in [6.45, 7) is 0. The fourth-order valence-corrected chi connectivity index (χ4v) is 2.59. The van der Waals surface area contributed by atoms with Crippen LogP contribution in [0, 0.1) is 0 Å². The molecule has 0 spiro atoms. The second kappa shape index (κ2) is 5.41. The van der Waals surface area contributed by atoms with Crippen LogP contribution in [0.15, 0.2) is 30.3 Å². The molecule has 0 unspecified atom stereocenters. The van der Waals surface area contributed by atoms with E-state index in [2.05, 4.69) is 0 Å². The van der Waals surface area contributed by atoms with Crippen LogP contribution in [0.1, 0.15) is 10.4 Å². The molecule has 0 aliphatic heterocycles. The zero-order valence-corrected chi connectivity index (χ0v) is 10.8. The number of carbonyl (C=O) groups excluding carboxylic acids is 1. The van der Waals surface area contributed by atoms with Gasteiger partial charge in [-0.2, -0.15) is 0 Å². The van der Waals surface area contributed by atoms with Gasteiger partial charge in [-0.15, -0.1) is 12.4 Å². The maximum absolute atomic E-state index is 11.9. The Hall–Kier alpha value is -0.487. The van der Waals surface area contributed by atoms with Gasteiger partial charge in [0, 0.05) is 0 Å². The molecule has 0 aliphatic carbocycles. The summed E-state index contributed by atoms with van der Waals surface area (Å²) in [4.78, 5) is 11.0. The van der Waals surface area contributed by atoms with Crippen molar-refractivity contribution in [3.63, 3.8) is 0 Å². The number of rotatable bonds is 2.